The quantitative estimate of drug-likeness (QED) is 0.846. The number of rotatable bonds is 4. The highest BCUT2D eigenvalue weighted by Gasteiger charge is 2.43. The average molecular weight is 235 g/mol. The zero-order valence-electron chi connectivity index (χ0n) is 10.6. The highest BCUT2D eigenvalue weighted by Crippen LogP contribution is 2.31. The first kappa shape index (κ1) is 12.5. The number of nitrogens with two attached hydrogens (primary N) is 1. The maximum Gasteiger partial charge on any atom is 0.0743 e. The Morgan fingerprint density at radius 2 is 2.47 bits per heavy atom. The molecule has 1 saturated heterocycles. The van der Waals surface area contributed by atoms with Crippen LogP contribution in [0, 0.1) is 0 Å². The van der Waals surface area contributed by atoms with E-state index in [1.807, 2.05) is 12.3 Å². The van der Waals surface area contributed by atoms with Crippen LogP contribution < -0.4 is 5.73 Å². The molecule has 2 unspecified atom stereocenters. The number of nitrogens with zero attached hydrogens (tertiary/aromatic N) is 2. The van der Waals surface area contributed by atoms with Crippen LogP contribution in [0.4, 0.5) is 0 Å². The Kier molecular flexibility index (Phi) is 3.76. The molecule has 4 heteroatoms. The molecule has 1 aliphatic rings. The van der Waals surface area contributed by atoms with Crippen molar-refractivity contribution in [1.82, 2.24) is 9.88 Å². The van der Waals surface area contributed by atoms with Gasteiger partial charge in [0.15, 0.2) is 0 Å². The first-order valence-electron chi connectivity index (χ1n) is 6.11. The van der Waals surface area contributed by atoms with Gasteiger partial charge in [-0.2, -0.15) is 0 Å². The molecule has 0 amide bonds. The van der Waals surface area contributed by atoms with E-state index >= 15 is 0 Å². The second-order valence-corrected chi connectivity index (χ2v) is 4.79. The Morgan fingerprint density at radius 1 is 1.65 bits per heavy atom. The molecule has 2 atom stereocenters. The molecule has 0 aromatic carbocycles. The summed E-state index contributed by atoms with van der Waals surface area (Å²) >= 11 is 0. The maximum absolute atomic E-state index is 5.98. The Hall–Kier alpha value is -0.970. The molecule has 1 fully saturated rings. The van der Waals surface area contributed by atoms with Gasteiger partial charge < -0.3 is 10.5 Å². The average Bonchev–Trinajstić information content (AvgIpc) is 2.73. The van der Waals surface area contributed by atoms with Gasteiger partial charge in [0, 0.05) is 32.1 Å². The summed E-state index contributed by atoms with van der Waals surface area (Å²) in [5, 5.41) is 0. The van der Waals surface area contributed by atoms with E-state index in [4.69, 9.17) is 10.5 Å². The van der Waals surface area contributed by atoms with E-state index < -0.39 is 0 Å². The molecule has 1 aliphatic heterocycles. The van der Waals surface area contributed by atoms with Crippen LogP contribution in [0.5, 0.6) is 0 Å². The smallest absolute Gasteiger partial charge is 0.0743 e. The number of hydrogen-bond donors (Lipinski definition) is 1. The van der Waals surface area contributed by atoms with Crippen molar-refractivity contribution in [1.29, 1.82) is 0 Å². The fourth-order valence-corrected chi connectivity index (χ4v) is 2.62. The molecule has 1 aromatic rings. The molecule has 0 saturated carbocycles. The summed E-state index contributed by atoms with van der Waals surface area (Å²) in [5.74, 6) is 0. The lowest BCUT2D eigenvalue weighted by Crippen LogP contribution is -2.56. The van der Waals surface area contributed by atoms with Crippen LogP contribution >= 0.6 is 0 Å². The van der Waals surface area contributed by atoms with Gasteiger partial charge in [-0.15, -0.1) is 0 Å². The van der Waals surface area contributed by atoms with Crippen molar-refractivity contribution in [2.24, 2.45) is 5.73 Å². The van der Waals surface area contributed by atoms with E-state index in [0.717, 1.165) is 19.6 Å². The van der Waals surface area contributed by atoms with E-state index in [9.17, 15) is 0 Å². The molecule has 2 heterocycles. The van der Waals surface area contributed by atoms with Crippen molar-refractivity contribution >= 4 is 0 Å². The van der Waals surface area contributed by atoms with Crippen LogP contribution in [-0.4, -0.2) is 41.7 Å². The zero-order chi connectivity index (χ0) is 12.3. The Morgan fingerprint density at radius 3 is 3.00 bits per heavy atom. The van der Waals surface area contributed by atoms with Gasteiger partial charge in [0.05, 0.1) is 11.6 Å². The Bertz CT molecular complexity index is 357. The summed E-state index contributed by atoms with van der Waals surface area (Å²) in [5.41, 5.74) is 7.15. The SMILES string of the molecule is CC1OCCC1(CN)N(C)Cc1cccnc1. The van der Waals surface area contributed by atoms with Crippen LogP contribution in [0.25, 0.3) is 0 Å². The molecular formula is C13H21N3O. The zero-order valence-corrected chi connectivity index (χ0v) is 10.6. The van der Waals surface area contributed by atoms with Crippen molar-refractivity contribution in [2.75, 3.05) is 20.2 Å². The monoisotopic (exact) mass is 235 g/mol. The lowest BCUT2D eigenvalue weighted by atomic mass is 9.90. The van der Waals surface area contributed by atoms with Crippen molar-refractivity contribution in [3.8, 4) is 0 Å². The largest absolute Gasteiger partial charge is 0.376 e. The summed E-state index contributed by atoms with van der Waals surface area (Å²) in [4.78, 5) is 6.45. The van der Waals surface area contributed by atoms with E-state index in [1.165, 1.54) is 5.56 Å². The fourth-order valence-electron chi connectivity index (χ4n) is 2.62. The minimum Gasteiger partial charge on any atom is -0.376 e. The van der Waals surface area contributed by atoms with Gasteiger partial charge >= 0.3 is 0 Å². The van der Waals surface area contributed by atoms with Crippen molar-refractivity contribution in [2.45, 2.75) is 31.5 Å². The number of hydrogen-bond acceptors (Lipinski definition) is 4. The number of likely N-dealkylation sites (N-methyl/N-ethyl adjacent to an activating group) is 1. The number of aromatic nitrogens is 1. The first-order valence-corrected chi connectivity index (χ1v) is 6.11. The van der Waals surface area contributed by atoms with E-state index in [1.54, 1.807) is 6.20 Å². The molecule has 17 heavy (non-hydrogen) atoms. The number of ether oxygens (including phenoxy) is 1. The standard InChI is InChI=1S/C13H21N3O/c1-11-13(10-14,5-7-17-11)16(2)9-12-4-3-6-15-8-12/h3-4,6,8,11H,5,7,9-10,14H2,1-2H3. The predicted molar refractivity (Wildman–Crippen MR) is 67.5 cm³/mol. The molecule has 0 aliphatic carbocycles. The van der Waals surface area contributed by atoms with Gasteiger partial charge in [-0.05, 0) is 32.0 Å². The van der Waals surface area contributed by atoms with Crippen LogP contribution in [0.2, 0.25) is 0 Å². The van der Waals surface area contributed by atoms with E-state index in [0.29, 0.717) is 6.54 Å². The molecule has 2 rings (SSSR count). The molecule has 0 spiro atoms. The first-order chi connectivity index (χ1) is 8.19. The third-order valence-electron chi connectivity index (χ3n) is 3.92. The maximum atomic E-state index is 5.98. The summed E-state index contributed by atoms with van der Waals surface area (Å²) in [6.45, 7) is 4.40. The lowest BCUT2D eigenvalue weighted by Gasteiger charge is -2.40. The summed E-state index contributed by atoms with van der Waals surface area (Å²) in [6.07, 6.45) is 4.89. The second kappa shape index (κ2) is 5.12. The molecule has 4 nitrogen and oxygen atoms in total. The highest BCUT2D eigenvalue weighted by molar-refractivity contribution is 5.10. The summed E-state index contributed by atoms with van der Waals surface area (Å²) < 4.78 is 5.68. The van der Waals surface area contributed by atoms with Crippen LogP contribution in [-0.2, 0) is 11.3 Å². The minimum atomic E-state index is -0.0319. The molecule has 94 valence electrons. The van der Waals surface area contributed by atoms with Crippen LogP contribution in [0.3, 0.4) is 0 Å². The highest BCUT2D eigenvalue weighted by atomic mass is 16.5. The fraction of sp³-hybridized carbons (Fsp3) is 0.615. The lowest BCUT2D eigenvalue weighted by molar-refractivity contribution is 0.0244. The Balaban J connectivity index is 2.10. The van der Waals surface area contributed by atoms with E-state index in [2.05, 4.69) is 29.9 Å². The second-order valence-electron chi connectivity index (χ2n) is 4.79. The topological polar surface area (TPSA) is 51.4 Å². The van der Waals surface area contributed by atoms with Gasteiger partial charge in [0.2, 0.25) is 0 Å². The van der Waals surface area contributed by atoms with E-state index in [-0.39, 0.29) is 11.6 Å². The minimum absolute atomic E-state index is 0.0319. The summed E-state index contributed by atoms with van der Waals surface area (Å²) in [7, 11) is 2.12. The third-order valence-corrected chi connectivity index (χ3v) is 3.92. The molecule has 0 radical (unpaired) electrons. The normalized spacial score (nSPS) is 28.8. The molecule has 2 N–H and O–H groups in total. The van der Waals surface area contributed by atoms with Gasteiger partial charge in [-0.25, -0.2) is 0 Å². The van der Waals surface area contributed by atoms with Crippen molar-refractivity contribution in [3.63, 3.8) is 0 Å². The molecular weight excluding hydrogens is 214 g/mol. The Labute approximate surface area is 103 Å². The molecule has 0 bridgehead atoms. The van der Waals surface area contributed by atoms with Gasteiger partial charge in [-0.1, -0.05) is 6.07 Å². The summed E-state index contributed by atoms with van der Waals surface area (Å²) in [6, 6.07) is 4.06. The number of pyridine rings is 1. The molecule has 1 aromatic heterocycles. The van der Waals surface area contributed by atoms with Gasteiger partial charge in [0.1, 0.15) is 0 Å². The van der Waals surface area contributed by atoms with Crippen molar-refractivity contribution in [3.05, 3.63) is 30.1 Å². The van der Waals surface area contributed by atoms with Crippen LogP contribution in [0.1, 0.15) is 18.9 Å². The third kappa shape index (κ3) is 2.34. The predicted octanol–water partition coefficient (Wildman–Crippen LogP) is 1.02. The van der Waals surface area contributed by atoms with Gasteiger partial charge in [0.25, 0.3) is 0 Å². The van der Waals surface area contributed by atoms with Gasteiger partial charge in [-0.3, -0.25) is 9.88 Å². The van der Waals surface area contributed by atoms with Crippen LogP contribution in [0.15, 0.2) is 24.5 Å². The van der Waals surface area contributed by atoms with Crippen molar-refractivity contribution < 1.29 is 4.74 Å².